The van der Waals surface area contributed by atoms with Gasteiger partial charge in [0.05, 0.1) is 9.78 Å². The summed E-state index contributed by atoms with van der Waals surface area (Å²) >= 11 is 5.30. The number of hydrazone groups is 1. The number of carbonyl (C=O) groups is 1. The van der Waals surface area contributed by atoms with E-state index < -0.39 is 11.7 Å². The number of nitrogens with one attached hydrogen (secondary N) is 1. The van der Waals surface area contributed by atoms with Gasteiger partial charge in [0, 0.05) is 15.6 Å². The van der Waals surface area contributed by atoms with E-state index >= 15 is 0 Å². The highest BCUT2D eigenvalue weighted by molar-refractivity contribution is 14.1. The third-order valence-corrected chi connectivity index (χ3v) is 3.81. The second kappa shape index (κ2) is 6.99. The van der Waals surface area contributed by atoms with Gasteiger partial charge in [-0.15, -0.1) is 0 Å². The molecule has 2 N–H and O–H groups in total. The van der Waals surface area contributed by atoms with Crippen LogP contribution in [0.4, 0.5) is 4.39 Å². The molecule has 2 aromatic rings. The second-order valence-electron chi connectivity index (χ2n) is 4.03. The molecular weight excluding hydrogens is 454 g/mol. The summed E-state index contributed by atoms with van der Waals surface area (Å²) in [5.74, 6) is -0.794. The minimum absolute atomic E-state index is 0.0820. The molecule has 0 radical (unpaired) electrons. The molecular formula is C14H9BrFIN2O2. The fourth-order valence-corrected chi connectivity index (χ4v) is 3.06. The van der Waals surface area contributed by atoms with Crippen LogP contribution in [0.3, 0.4) is 0 Å². The van der Waals surface area contributed by atoms with E-state index in [-0.39, 0.29) is 5.75 Å². The molecule has 0 bridgehead atoms. The monoisotopic (exact) mass is 462 g/mol. The summed E-state index contributed by atoms with van der Waals surface area (Å²) in [5, 5.41) is 13.6. The van der Waals surface area contributed by atoms with Gasteiger partial charge >= 0.3 is 0 Å². The van der Waals surface area contributed by atoms with E-state index in [1.165, 1.54) is 30.5 Å². The molecule has 1 amide bonds. The van der Waals surface area contributed by atoms with Gasteiger partial charge in [-0.3, -0.25) is 4.79 Å². The molecule has 108 valence electrons. The molecule has 0 atom stereocenters. The molecule has 4 nitrogen and oxygen atoms in total. The molecule has 0 spiro atoms. The zero-order valence-corrected chi connectivity index (χ0v) is 14.2. The largest absolute Gasteiger partial charge is 0.506 e. The number of phenolic OH excluding ortho intramolecular Hbond substituents is 1. The maximum atomic E-state index is 12.7. The van der Waals surface area contributed by atoms with Gasteiger partial charge in [0.1, 0.15) is 11.6 Å². The topological polar surface area (TPSA) is 61.7 Å². The molecule has 0 aliphatic rings. The van der Waals surface area contributed by atoms with Gasteiger partial charge in [-0.25, -0.2) is 9.82 Å². The number of phenols is 1. The number of rotatable bonds is 3. The number of hydrogen-bond acceptors (Lipinski definition) is 3. The fraction of sp³-hybridized carbons (Fsp3) is 0. The van der Waals surface area contributed by atoms with Gasteiger partial charge in [0.15, 0.2) is 0 Å². The average molecular weight is 463 g/mol. The minimum atomic E-state index is -0.463. The van der Waals surface area contributed by atoms with Gasteiger partial charge in [0.25, 0.3) is 5.91 Å². The van der Waals surface area contributed by atoms with Gasteiger partial charge in [-0.1, -0.05) is 15.9 Å². The van der Waals surface area contributed by atoms with Crippen molar-refractivity contribution in [1.82, 2.24) is 5.43 Å². The molecule has 2 aromatic carbocycles. The third-order valence-electron chi connectivity index (χ3n) is 2.53. The van der Waals surface area contributed by atoms with Crippen LogP contribution in [0.15, 0.2) is 46.0 Å². The van der Waals surface area contributed by atoms with E-state index in [0.29, 0.717) is 14.7 Å². The zero-order valence-electron chi connectivity index (χ0n) is 10.5. The highest BCUT2D eigenvalue weighted by Gasteiger charge is 2.06. The summed E-state index contributed by atoms with van der Waals surface area (Å²) in [6.45, 7) is 0. The third kappa shape index (κ3) is 4.24. The lowest BCUT2D eigenvalue weighted by Crippen LogP contribution is -2.17. The van der Waals surface area contributed by atoms with Crippen LogP contribution in [0.25, 0.3) is 0 Å². The normalized spacial score (nSPS) is 10.8. The maximum absolute atomic E-state index is 12.7. The molecule has 0 saturated carbocycles. The Morgan fingerprint density at radius 2 is 2.00 bits per heavy atom. The van der Waals surface area contributed by atoms with Crippen molar-refractivity contribution in [3.8, 4) is 5.75 Å². The first-order chi connectivity index (χ1) is 9.97. The molecule has 0 aromatic heterocycles. The Balaban J connectivity index is 2.09. The van der Waals surface area contributed by atoms with Crippen molar-refractivity contribution in [3.05, 3.63) is 61.4 Å². The van der Waals surface area contributed by atoms with Crippen LogP contribution in [0.1, 0.15) is 15.9 Å². The molecule has 0 unspecified atom stereocenters. The number of carbonyl (C=O) groups excluding carboxylic acids is 1. The molecule has 7 heteroatoms. The predicted octanol–water partition coefficient (Wildman–Crippen LogP) is 3.66. The summed E-state index contributed by atoms with van der Waals surface area (Å²) < 4.78 is 14.2. The van der Waals surface area contributed by atoms with Crippen molar-refractivity contribution in [3.63, 3.8) is 0 Å². The Labute approximate surface area is 142 Å². The van der Waals surface area contributed by atoms with Crippen molar-refractivity contribution in [1.29, 1.82) is 0 Å². The van der Waals surface area contributed by atoms with Crippen LogP contribution in [-0.2, 0) is 0 Å². The molecule has 0 aliphatic heterocycles. The number of nitrogens with zero attached hydrogens (tertiary/aromatic N) is 1. The maximum Gasteiger partial charge on any atom is 0.271 e. The first-order valence-corrected chi connectivity index (χ1v) is 7.61. The Kier molecular flexibility index (Phi) is 5.29. The summed E-state index contributed by atoms with van der Waals surface area (Å²) in [6, 6.07) is 8.54. The number of amides is 1. The average Bonchev–Trinajstić information content (AvgIpc) is 2.44. The summed E-state index contributed by atoms with van der Waals surface area (Å²) in [7, 11) is 0. The smallest absolute Gasteiger partial charge is 0.271 e. The van der Waals surface area contributed by atoms with Gasteiger partial charge < -0.3 is 5.11 Å². The Morgan fingerprint density at radius 1 is 1.33 bits per heavy atom. The van der Waals surface area contributed by atoms with E-state index in [1.807, 2.05) is 22.6 Å². The second-order valence-corrected chi connectivity index (χ2v) is 6.11. The zero-order chi connectivity index (χ0) is 15.4. The molecule has 0 heterocycles. The highest BCUT2D eigenvalue weighted by atomic mass is 127. The van der Waals surface area contributed by atoms with Crippen molar-refractivity contribution < 1.29 is 14.3 Å². The molecule has 0 aliphatic carbocycles. The van der Waals surface area contributed by atoms with Crippen molar-refractivity contribution in [2.24, 2.45) is 5.10 Å². The van der Waals surface area contributed by atoms with Gasteiger partial charge in [0.2, 0.25) is 0 Å². The van der Waals surface area contributed by atoms with Gasteiger partial charge in [-0.05, 0) is 59.0 Å². The first kappa shape index (κ1) is 15.9. The van der Waals surface area contributed by atoms with Crippen LogP contribution in [-0.4, -0.2) is 17.2 Å². The van der Waals surface area contributed by atoms with Crippen LogP contribution in [0.2, 0.25) is 0 Å². The van der Waals surface area contributed by atoms with Crippen molar-refractivity contribution >= 4 is 50.6 Å². The number of hydrogen-bond donors (Lipinski definition) is 2. The standard InChI is InChI=1S/C14H9BrFIN2O2/c15-10-5-9(13(20)12(17)6-10)7-18-19-14(21)8-1-3-11(16)4-2-8/h1-7,20H,(H,19,21). The van der Waals surface area contributed by atoms with Gasteiger partial charge in [-0.2, -0.15) is 5.10 Å². The Morgan fingerprint density at radius 3 is 2.67 bits per heavy atom. The minimum Gasteiger partial charge on any atom is -0.506 e. The van der Waals surface area contributed by atoms with Crippen molar-refractivity contribution in [2.45, 2.75) is 0 Å². The summed E-state index contributed by atoms with van der Waals surface area (Å²) in [5.41, 5.74) is 3.07. The van der Waals surface area contributed by atoms with Crippen LogP contribution in [0, 0.1) is 9.39 Å². The highest BCUT2D eigenvalue weighted by Crippen LogP contribution is 2.27. The van der Waals surface area contributed by atoms with E-state index in [4.69, 9.17) is 0 Å². The Bertz CT molecular complexity index is 705. The molecule has 0 fully saturated rings. The number of aromatic hydroxyl groups is 1. The first-order valence-electron chi connectivity index (χ1n) is 5.74. The summed E-state index contributed by atoms with van der Waals surface area (Å²) in [4.78, 5) is 11.7. The van der Waals surface area contributed by atoms with E-state index in [9.17, 15) is 14.3 Å². The van der Waals surface area contributed by atoms with E-state index in [1.54, 1.807) is 12.1 Å². The lowest BCUT2D eigenvalue weighted by molar-refractivity contribution is 0.0955. The number of benzene rings is 2. The lowest BCUT2D eigenvalue weighted by atomic mass is 10.2. The molecule has 0 saturated heterocycles. The number of halogens is 3. The predicted molar refractivity (Wildman–Crippen MR) is 90.0 cm³/mol. The summed E-state index contributed by atoms with van der Waals surface area (Å²) in [6.07, 6.45) is 1.34. The lowest BCUT2D eigenvalue weighted by Gasteiger charge is -2.03. The van der Waals surface area contributed by atoms with Crippen LogP contribution in [0.5, 0.6) is 5.75 Å². The Hall–Kier alpha value is -1.48. The quantitative estimate of drug-likeness (QED) is 0.415. The van der Waals surface area contributed by atoms with E-state index in [0.717, 1.165) is 4.47 Å². The van der Waals surface area contributed by atoms with E-state index in [2.05, 4.69) is 26.5 Å². The molecule has 21 heavy (non-hydrogen) atoms. The SMILES string of the molecule is O=C(NN=Cc1cc(Br)cc(I)c1O)c1ccc(F)cc1. The van der Waals surface area contributed by atoms with Crippen molar-refractivity contribution in [2.75, 3.05) is 0 Å². The molecule has 2 rings (SSSR count). The van der Waals surface area contributed by atoms with Crippen LogP contribution < -0.4 is 5.43 Å². The fourth-order valence-electron chi connectivity index (χ4n) is 1.51. The van der Waals surface area contributed by atoms with Crippen LogP contribution >= 0.6 is 38.5 Å².